The van der Waals surface area contributed by atoms with Gasteiger partial charge in [-0.25, -0.2) is 8.42 Å². The second-order valence-corrected chi connectivity index (χ2v) is 10.8. The minimum Gasteiger partial charge on any atom is -0.468 e. The molecule has 0 bridgehead atoms. The number of nitro groups is 1. The fraction of sp³-hybridized carbons (Fsp3) is 0.500. The monoisotopic (exact) mass is 404 g/mol. The number of nitro benzene ring substituents is 1. The fourth-order valence-electron chi connectivity index (χ4n) is 2.98. The molecule has 0 unspecified atom stereocenters. The average Bonchev–Trinajstić information content (AvgIpc) is 3.22. The maximum atomic E-state index is 13.0. The summed E-state index contributed by atoms with van der Waals surface area (Å²) < 4.78 is 31.7. The van der Waals surface area contributed by atoms with E-state index in [4.69, 9.17) is 4.74 Å². The topological polar surface area (TPSA) is 107 Å². The Morgan fingerprint density at radius 1 is 1.32 bits per heavy atom. The predicted molar refractivity (Wildman–Crippen MR) is 95.1 cm³/mol. The van der Waals surface area contributed by atoms with Crippen molar-refractivity contribution in [2.24, 2.45) is 0 Å². The summed E-state index contributed by atoms with van der Waals surface area (Å²) in [6.07, 6.45) is 0.390. The Morgan fingerprint density at radius 3 is 2.44 bits per heavy atom. The summed E-state index contributed by atoms with van der Waals surface area (Å²) in [5.74, 6) is 1.23. The average molecular weight is 404 g/mol. The van der Waals surface area contributed by atoms with Gasteiger partial charge in [-0.05, 0) is 18.6 Å². The van der Waals surface area contributed by atoms with E-state index < -0.39 is 27.0 Å². The van der Waals surface area contributed by atoms with E-state index in [1.807, 2.05) is 0 Å². The Hall–Kier alpha value is -1.30. The van der Waals surface area contributed by atoms with Crippen LogP contribution in [0.4, 0.5) is 5.69 Å². The van der Waals surface area contributed by atoms with Gasteiger partial charge in [0, 0.05) is 30.2 Å². The number of methoxy groups -OCH3 is 1. The standard InChI is InChI=1S/C14H16N2O6S3/c1-22-13(17)12-8-14(23-6-7-24-14)9-15(12)25(20,21)11-4-2-10(3-5-11)16(18)19/h2-5,12H,6-9H2,1H3/t12-/m0/s1. The van der Waals surface area contributed by atoms with Gasteiger partial charge in [0.05, 0.1) is 21.0 Å². The number of nitrogens with zero attached hydrogens (tertiary/aromatic N) is 2. The lowest BCUT2D eigenvalue weighted by Gasteiger charge is -2.23. The quantitative estimate of drug-likeness (QED) is 0.424. The molecule has 2 saturated heterocycles. The first-order valence-corrected chi connectivity index (χ1v) is 10.8. The molecule has 2 heterocycles. The molecule has 11 heteroatoms. The van der Waals surface area contributed by atoms with E-state index in [9.17, 15) is 23.3 Å². The number of ether oxygens (including phenoxy) is 1. The highest BCUT2D eigenvalue weighted by Crippen LogP contribution is 2.52. The number of benzene rings is 1. The summed E-state index contributed by atoms with van der Waals surface area (Å²) in [4.78, 5) is 22.2. The summed E-state index contributed by atoms with van der Waals surface area (Å²) in [6, 6.07) is 3.79. The van der Waals surface area contributed by atoms with E-state index >= 15 is 0 Å². The second kappa shape index (κ2) is 6.78. The molecule has 2 aliphatic heterocycles. The summed E-state index contributed by atoms with van der Waals surface area (Å²) in [5, 5.41) is 10.7. The summed E-state index contributed by atoms with van der Waals surface area (Å²) in [5.41, 5.74) is -0.191. The Bertz CT molecular complexity index is 789. The second-order valence-electron chi connectivity index (χ2n) is 5.65. The highest BCUT2D eigenvalue weighted by molar-refractivity contribution is 8.21. The Balaban J connectivity index is 1.95. The number of thioether (sulfide) groups is 2. The van der Waals surface area contributed by atoms with Crippen LogP contribution in [0.3, 0.4) is 0 Å². The minimum absolute atomic E-state index is 0.0722. The molecule has 1 atom stereocenters. The number of hydrogen-bond donors (Lipinski definition) is 0. The first kappa shape index (κ1) is 18.5. The van der Waals surface area contributed by atoms with Gasteiger partial charge in [0.2, 0.25) is 10.0 Å². The van der Waals surface area contributed by atoms with Crippen LogP contribution in [0.2, 0.25) is 0 Å². The van der Waals surface area contributed by atoms with Gasteiger partial charge in [-0.1, -0.05) is 0 Å². The number of hydrogen-bond acceptors (Lipinski definition) is 8. The van der Waals surface area contributed by atoms with Gasteiger partial charge in [0.15, 0.2) is 0 Å². The maximum Gasteiger partial charge on any atom is 0.324 e. The van der Waals surface area contributed by atoms with Crippen molar-refractivity contribution in [3.05, 3.63) is 34.4 Å². The Kier molecular flexibility index (Phi) is 5.02. The zero-order valence-electron chi connectivity index (χ0n) is 13.3. The number of rotatable bonds is 4. The smallest absolute Gasteiger partial charge is 0.324 e. The molecular formula is C14H16N2O6S3. The van der Waals surface area contributed by atoms with Crippen molar-refractivity contribution in [1.82, 2.24) is 4.31 Å². The number of esters is 1. The molecule has 1 spiro atoms. The maximum absolute atomic E-state index is 13.0. The first-order valence-electron chi connectivity index (χ1n) is 7.41. The molecule has 1 aromatic carbocycles. The van der Waals surface area contributed by atoms with E-state index in [1.165, 1.54) is 23.5 Å². The van der Waals surface area contributed by atoms with Gasteiger partial charge >= 0.3 is 5.97 Å². The third kappa shape index (κ3) is 3.37. The molecule has 0 N–H and O–H groups in total. The molecule has 2 fully saturated rings. The molecule has 0 aromatic heterocycles. The van der Waals surface area contributed by atoms with Crippen LogP contribution in [0.25, 0.3) is 0 Å². The third-order valence-electron chi connectivity index (χ3n) is 4.19. The van der Waals surface area contributed by atoms with Gasteiger partial charge in [0.1, 0.15) is 6.04 Å². The third-order valence-corrected chi connectivity index (χ3v) is 9.48. The largest absolute Gasteiger partial charge is 0.468 e. The normalized spacial score (nSPS) is 23.0. The molecule has 0 aliphatic carbocycles. The molecule has 25 heavy (non-hydrogen) atoms. The van der Waals surface area contributed by atoms with E-state index in [2.05, 4.69) is 0 Å². The number of carbonyl (C=O) groups is 1. The highest BCUT2D eigenvalue weighted by atomic mass is 32.2. The molecule has 0 radical (unpaired) electrons. The van der Waals surface area contributed by atoms with Gasteiger partial charge in [-0.15, -0.1) is 23.5 Å². The zero-order chi connectivity index (χ0) is 18.2. The van der Waals surface area contributed by atoms with Crippen LogP contribution in [0.5, 0.6) is 0 Å². The van der Waals surface area contributed by atoms with Crippen LogP contribution in [-0.2, 0) is 19.6 Å². The lowest BCUT2D eigenvalue weighted by atomic mass is 10.2. The minimum atomic E-state index is -3.97. The van der Waals surface area contributed by atoms with Crippen molar-refractivity contribution < 1.29 is 22.9 Å². The summed E-state index contributed by atoms with van der Waals surface area (Å²) >= 11 is 3.33. The van der Waals surface area contributed by atoms with Gasteiger partial charge in [-0.3, -0.25) is 14.9 Å². The lowest BCUT2D eigenvalue weighted by molar-refractivity contribution is -0.384. The molecular weight excluding hydrogens is 388 g/mol. The van der Waals surface area contributed by atoms with E-state index in [1.54, 1.807) is 23.5 Å². The molecule has 8 nitrogen and oxygen atoms in total. The van der Waals surface area contributed by atoms with E-state index in [0.717, 1.165) is 23.6 Å². The summed E-state index contributed by atoms with van der Waals surface area (Å²) in [6.45, 7) is 0.210. The highest BCUT2D eigenvalue weighted by Gasteiger charge is 2.54. The van der Waals surface area contributed by atoms with Gasteiger partial charge in [0.25, 0.3) is 5.69 Å². The number of non-ortho nitro benzene ring substituents is 1. The zero-order valence-corrected chi connectivity index (χ0v) is 15.7. The van der Waals surface area contributed by atoms with Crippen molar-refractivity contribution >= 4 is 45.2 Å². The van der Waals surface area contributed by atoms with Crippen LogP contribution in [-0.4, -0.2) is 58.9 Å². The van der Waals surface area contributed by atoms with Gasteiger partial charge in [-0.2, -0.15) is 4.31 Å². The van der Waals surface area contributed by atoms with Crippen LogP contribution in [0, 0.1) is 10.1 Å². The van der Waals surface area contributed by atoms with Gasteiger partial charge < -0.3 is 4.74 Å². The molecule has 3 rings (SSSR count). The molecule has 1 aromatic rings. The predicted octanol–water partition coefficient (Wildman–Crippen LogP) is 1.71. The number of carbonyl (C=O) groups excluding carboxylic acids is 1. The first-order chi connectivity index (χ1) is 11.8. The SMILES string of the molecule is COC(=O)[C@@H]1CC2(CN1S(=O)(=O)c1ccc([N+](=O)[O-])cc1)SCCS2. The van der Waals surface area contributed by atoms with E-state index in [0.29, 0.717) is 6.42 Å². The Morgan fingerprint density at radius 2 is 1.92 bits per heavy atom. The van der Waals surface area contributed by atoms with Crippen molar-refractivity contribution in [3.8, 4) is 0 Å². The molecule has 0 amide bonds. The summed E-state index contributed by atoms with van der Waals surface area (Å²) in [7, 11) is -2.73. The lowest BCUT2D eigenvalue weighted by Crippen LogP contribution is -2.41. The van der Waals surface area contributed by atoms with Crippen LogP contribution in [0.15, 0.2) is 29.2 Å². The fourth-order valence-corrected chi connectivity index (χ4v) is 8.04. The van der Waals surface area contributed by atoms with Crippen LogP contribution >= 0.6 is 23.5 Å². The van der Waals surface area contributed by atoms with Crippen molar-refractivity contribution in [3.63, 3.8) is 0 Å². The molecule has 136 valence electrons. The Labute approximate surface area is 153 Å². The van der Waals surface area contributed by atoms with Crippen molar-refractivity contribution in [2.75, 3.05) is 25.2 Å². The van der Waals surface area contributed by atoms with E-state index in [-0.39, 0.29) is 21.2 Å². The van der Waals surface area contributed by atoms with Crippen LogP contribution < -0.4 is 0 Å². The van der Waals surface area contributed by atoms with Crippen molar-refractivity contribution in [1.29, 1.82) is 0 Å². The molecule has 2 aliphatic rings. The van der Waals surface area contributed by atoms with Crippen LogP contribution in [0.1, 0.15) is 6.42 Å². The van der Waals surface area contributed by atoms with Crippen molar-refractivity contribution in [2.45, 2.75) is 21.4 Å². The number of sulfonamides is 1. The molecule has 0 saturated carbocycles.